The summed E-state index contributed by atoms with van der Waals surface area (Å²) in [6.07, 6.45) is 0. The summed E-state index contributed by atoms with van der Waals surface area (Å²) in [6.45, 7) is 0.343. The zero-order valence-corrected chi connectivity index (χ0v) is 8.58. The van der Waals surface area contributed by atoms with E-state index in [9.17, 15) is 8.78 Å². The molecule has 1 N–H and O–H groups in total. The van der Waals surface area contributed by atoms with Crippen molar-refractivity contribution in [3.05, 3.63) is 65.7 Å². The first-order valence-electron chi connectivity index (χ1n) is 4.98. The average Bonchev–Trinajstić information content (AvgIpc) is 2.29. The normalized spacial score (nSPS) is 10.1. The molecule has 2 rings (SSSR count). The molecule has 0 radical (unpaired) electrons. The quantitative estimate of drug-likeness (QED) is 0.832. The van der Waals surface area contributed by atoms with Crippen LogP contribution in [0.4, 0.5) is 14.5 Å². The summed E-state index contributed by atoms with van der Waals surface area (Å²) in [7, 11) is 0. The van der Waals surface area contributed by atoms with Gasteiger partial charge < -0.3 is 5.32 Å². The molecule has 2 aromatic carbocycles. The number of nitrogens with one attached hydrogen (secondary N) is 1. The molecular formula is C13H11F2N. The zero-order chi connectivity index (χ0) is 11.4. The monoisotopic (exact) mass is 219 g/mol. The molecule has 2 aromatic rings. The molecule has 3 heteroatoms. The molecule has 0 heterocycles. The third kappa shape index (κ3) is 2.57. The van der Waals surface area contributed by atoms with E-state index < -0.39 is 11.6 Å². The number of anilines is 1. The average molecular weight is 219 g/mol. The number of rotatable bonds is 3. The summed E-state index contributed by atoms with van der Waals surface area (Å²) in [5.41, 5.74) is 1.36. The van der Waals surface area contributed by atoms with Crippen molar-refractivity contribution in [2.45, 2.75) is 6.54 Å². The molecule has 0 saturated heterocycles. The predicted molar refractivity (Wildman–Crippen MR) is 60.1 cm³/mol. The van der Waals surface area contributed by atoms with Gasteiger partial charge in [-0.2, -0.15) is 0 Å². The van der Waals surface area contributed by atoms with Crippen molar-refractivity contribution < 1.29 is 8.78 Å². The highest BCUT2D eigenvalue weighted by Gasteiger charge is 2.02. The van der Waals surface area contributed by atoms with Gasteiger partial charge >= 0.3 is 0 Å². The van der Waals surface area contributed by atoms with E-state index in [0.717, 1.165) is 11.8 Å². The second-order valence-corrected chi connectivity index (χ2v) is 3.46. The van der Waals surface area contributed by atoms with Crippen molar-refractivity contribution in [2.75, 3.05) is 5.32 Å². The molecule has 0 spiro atoms. The molecule has 82 valence electrons. The van der Waals surface area contributed by atoms with E-state index in [-0.39, 0.29) is 0 Å². The van der Waals surface area contributed by atoms with Crippen molar-refractivity contribution >= 4 is 5.69 Å². The van der Waals surface area contributed by atoms with Crippen LogP contribution in [-0.2, 0) is 6.54 Å². The van der Waals surface area contributed by atoms with Crippen LogP contribution in [0.3, 0.4) is 0 Å². The molecule has 1 nitrogen and oxygen atoms in total. The molecule has 0 unspecified atom stereocenters. The van der Waals surface area contributed by atoms with Gasteiger partial charge in [0.25, 0.3) is 0 Å². The lowest BCUT2D eigenvalue weighted by atomic mass is 10.2. The Labute approximate surface area is 92.7 Å². The SMILES string of the molecule is Fc1ccc(CNc2ccccc2)c(F)c1. The van der Waals surface area contributed by atoms with Gasteiger partial charge in [-0.3, -0.25) is 0 Å². The van der Waals surface area contributed by atoms with Crippen LogP contribution in [0.5, 0.6) is 0 Å². The minimum atomic E-state index is -0.555. The minimum absolute atomic E-state index is 0.343. The summed E-state index contributed by atoms with van der Waals surface area (Å²) in [6, 6.07) is 13.1. The van der Waals surface area contributed by atoms with E-state index in [4.69, 9.17) is 0 Å². The Morgan fingerprint density at radius 1 is 0.938 bits per heavy atom. The molecule has 0 saturated carbocycles. The number of hydrogen-bond donors (Lipinski definition) is 1. The molecular weight excluding hydrogens is 208 g/mol. The zero-order valence-electron chi connectivity index (χ0n) is 8.58. The van der Waals surface area contributed by atoms with Crippen molar-refractivity contribution in [2.24, 2.45) is 0 Å². The largest absolute Gasteiger partial charge is 0.381 e. The maximum Gasteiger partial charge on any atom is 0.131 e. The topological polar surface area (TPSA) is 12.0 Å². The fraction of sp³-hybridized carbons (Fsp3) is 0.0769. The fourth-order valence-corrected chi connectivity index (χ4v) is 1.42. The Bertz CT molecular complexity index is 469. The smallest absolute Gasteiger partial charge is 0.131 e. The summed E-state index contributed by atoms with van der Waals surface area (Å²) in [4.78, 5) is 0. The van der Waals surface area contributed by atoms with E-state index in [0.29, 0.717) is 12.1 Å². The maximum atomic E-state index is 13.3. The molecule has 0 amide bonds. The molecule has 0 fully saturated rings. The van der Waals surface area contributed by atoms with E-state index in [1.165, 1.54) is 12.1 Å². The van der Waals surface area contributed by atoms with Gasteiger partial charge in [0, 0.05) is 23.9 Å². The number of para-hydroxylation sites is 1. The first-order valence-corrected chi connectivity index (χ1v) is 4.98. The Balaban J connectivity index is 2.05. The van der Waals surface area contributed by atoms with Crippen molar-refractivity contribution in [1.82, 2.24) is 0 Å². The van der Waals surface area contributed by atoms with Crippen LogP contribution in [0.2, 0.25) is 0 Å². The summed E-state index contributed by atoms with van der Waals surface area (Å²) in [5, 5.41) is 3.06. The number of hydrogen-bond acceptors (Lipinski definition) is 1. The molecule has 0 bridgehead atoms. The van der Waals surface area contributed by atoms with Crippen LogP contribution in [0, 0.1) is 11.6 Å². The molecule has 0 atom stereocenters. The molecule has 16 heavy (non-hydrogen) atoms. The van der Waals surface area contributed by atoms with Crippen LogP contribution in [0.15, 0.2) is 48.5 Å². The van der Waals surface area contributed by atoms with Crippen LogP contribution < -0.4 is 5.32 Å². The van der Waals surface area contributed by atoms with Crippen molar-refractivity contribution in [1.29, 1.82) is 0 Å². The molecule has 0 aromatic heterocycles. The van der Waals surface area contributed by atoms with Gasteiger partial charge in [-0.05, 0) is 18.2 Å². The van der Waals surface area contributed by atoms with E-state index in [1.807, 2.05) is 30.3 Å². The highest BCUT2D eigenvalue weighted by atomic mass is 19.1. The van der Waals surface area contributed by atoms with Gasteiger partial charge in [-0.15, -0.1) is 0 Å². The van der Waals surface area contributed by atoms with E-state index >= 15 is 0 Å². The lowest BCUT2D eigenvalue weighted by Crippen LogP contribution is -2.01. The fourth-order valence-electron chi connectivity index (χ4n) is 1.42. The third-order valence-electron chi connectivity index (χ3n) is 2.27. The highest BCUT2D eigenvalue weighted by molar-refractivity contribution is 5.43. The lowest BCUT2D eigenvalue weighted by molar-refractivity contribution is 0.574. The predicted octanol–water partition coefficient (Wildman–Crippen LogP) is 3.58. The Morgan fingerprint density at radius 3 is 2.38 bits per heavy atom. The van der Waals surface area contributed by atoms with Gasteiger partial charge in [-0.25, -0.2) is 8.78 Å². The van der Waals surface area contributed by atoms with Crippen LogP contribution in [-0.4, -0.2) is 0 Å². The lowest BCUT2D eigenvalue weighted by Gasteiger charge is -2.07. The first-order chi connectivity index (χ1) is 7.75. The van der Waals surface area contributed by atoms with Gasteiger partial charge in [0.1, 0.15) is 11.6 Å². The van der Waals surface area contributed by atoms with Crippen LogP contribution in [0.1, 0.15) is 5.56 Å². The van der Waals surface area contributed by atoms with Gasteiger partial charge in [0.05, 0.1) is 0 Å². The number of benzene rings is 2. The molecule has 0 aliphatic carbocycles. The summed E-state index contributed by atoms with van der Waals surface area (Å²) in [5.74, 6) is -1.08. The molecule has 0 aliphatic heterocycles. The third-order valence-corrected chi connectivity index (χ3v) is 2.27. The maximum absolute atomic E-state index is 13.3. The second kappa shape index (κ2) is 4.75. The first kappa shape index (κ1) is 10.6. The Kier molecular flexibility index (Phi) is 3.15. The minimum Gasteiger partial charge on any atom is -0.381 e. The van der Waals surface area contributed by atoms with Gasteiger partial charge in [0.2, 0.25) is 0 Å². The van der Waals surface area contributed by atoms with Crippen LogP contribution in [0.25, 0.3) is 0 Å². The van der Waals surface area contributed by atoms with Crippen molar-refractivity contribution in [3.63, 3.8) is 0 Å². The van der Waals surface area contributed by atoms with Gasteiger partial charge in [0.15, 0.2) is 0 Å². The summed E-state index contributed by atoms with van der Waals surface area (Å²) < 4.78 is 25.9. The Morgan fingerprint density at radius 2 is 1.69 bits per heavy atom. The second-order valence-electron chi connectivity index (χ2n) is 3.46. The van der Waals surface area contributed by atoms with Crippen molar-refractivity contribution in [3.8, 4) is 0 Å². The Hall–Kier alpha value is -1.90. The summed E-state index contributed by atoms with van der Waals surface area (Å²) >= 11 is 0. The molecule has 0 aliphatic rings. The van der Waals surface area contributed by atoms with E-state index in [2.05, 4.69) is 5.32 Å². The standard InChI is InChI=1S/C13H11F2N/c14-11-7-6-10(13(15)8-11)9-16-12-4-2-1-3-5-12/h1-8,16H,9H2. The van der Waals surface area contributed by atoms with E-state index in [1.54, 1.807) is 0 Å². The van der Waals surface area contributed by atoms with Gasteiger partial charge in [-0.1, -0.05) is 24.3 Å². The highest BCUT2D eigenvalue weighted by Crippen LogP contribution is 2.12. The van der Waals surface area contributed by atoms with Crippen LogP contribution >= 0.6 is 0 Å². The number of halogens is 2.